The highest BCUT2D eigenvalue weighted by molar-refractivity contribution is 8.14. The fourth-order valence-electron chi connectivity index (χ4n) is 1.36. The topological polar surface area (TPSA) is 71.4 Å². The number of carboxylic acid groups (broad SMARTS) is 1. The second-order valence-corrected chi connectivity index (χ2v) is 5.73. The predicted octanol–water partition coefficient (Wildman–Crippen LogP) is 0.974. The lowest BCUT2D eigenvalue weighted by atomic mass is 9.95. The maximum atomic E-state index is 11.0. The summed E-state index contributed by atoms with van der Waals surface area (Å²) in [6.45, 7) is 0. The molecule has 1 aliphatic rings. The van der Waals surface area contributed by atoms with Gasteiger partial charge >= 0.3 is 5.97 Å². The Labute approximate surface area is 80.6 Å². The molecule has 0 amide bonds. The number of halogens is 1. The van der Waals surface area contributed by atoms with Crippen molar-refractivity contribution in [2.24, 2.45) is 5.92 Å². The Hall–Kier alpha value is -0.550. The van der Waals surface area contributed by atoms with Gasteiger partial charge in [0, 0.05) is 10.7 Å². The highest BCUT2D eigenvalue weighted by Gasteiger charge is 2.36. The Morgan fingerprint density at radius 3 is 2.54 bits per heavy atom. The lowest BCUT2D eigenvalue weighted by molar-refractivity contribution is -0.140. The maximum Gasteiger partial charge on any atom is 0.311 e. The Balaban J connectivity index is 2.97. The smallest absolute Gasteiger partial charge is 0.311 e. The Bertz CT molecular complexity index is 332. The van der Waals surface area contributed by atoms with E-state index in [0.29, 0.717) is 6.42 Å². The molecule has 0 aromatic carbocycles. The van der Waals surface area contributed by atoms with E-state index in [1.54, 1.807) is 6.08 Å². The van der Waals surface area contributed by atoms with E-state index in [0.717, 1.165) is 0 Å². The van der Waals surface area contributed by atoms with Crippen molar-refractivity contribution in [2.75, 3.05) is 0 Å². The van der Waals surface area contributed by atoms with E-state index in [-0.39, 0.29) is 6.42 Å². The van der Waals surface area contributed by atoms with Crippen LogP contribution >= 0.6 is 10.7 Å². The monoisotopic (exact) mass is 224 g/mol. The molecule has 0 saturated heterocycles. The van der Waals surface area contributed by atoms with Gasteiger partial charge in [0.1, 0.15) is 0 Å². The number of hydrogen-bond acceptors (Lipinski definition) is 3. The van der Waals surface area contributed by atoms with E-state index in [2.05, 4.69) is 0 Å². The predicted molar refractivity (Wildman–Crippen MR) is 48.1 cm³/mol. The summed E-state index contributed by atoms with van der Waals surface area (Å²) >= 11 is 0. The molecule has 2 unspecified atom stereocenters. The van der Waals surface area contributed by atoms with Crippen LogP contribution in [-0.4, -0.2) is 24.7 Å². The molecule has 0 aliphatic heterocycles. The molecule has 1 rings (SSSR count). The van der Waals surface area contributed by atoms with Gasteiger partial charge in [0.25, 0.3) is 0 Å². The minimum atomic E-state index is -3.78. The van der Waals surface area contributed by atoms with E-state index in [4.69, 9.17) is 15.8 Å². The van der Waals surface area contributed by atoms with Gasteiger partial charge in [-0.25, -0.2) is 8.42 Å². The third-order valence-corrected chi connectivity index (χ3v) is 3.95. The molecule has 2 atom stereocenters. The summed E-state index contributed by atoms with van der Waals surface area (Å²) in [5.41, 5.74) is 0. The molecule has 0 aromatic heterocycles. The van der Waals surface area contributed by atoms with Crippen molar-refractivity contribution < 1.29 is 18.3 Å². The van der Waals surface area contributed by atoms with E-state index in [1.807, 2.05) is 0 Å². The van der Waals surface area contributed by atoms with E-state index >= 15 is 0 Å². The first-order valence-corrected chi connectivity index (χ1v) is 6.13. The van der Waals surface area contributed by atoms with Gasteiger partial charge in [-0.3, -0.25) is 4.79 Å². The molecule has 1 aliphatic carbocycles. The number of hydrogen-bond donors (Lipinski definition) is 1. The number of aliphatic carboxylic acids is 1. The zero-order valence-corrected chi connectivity index (χ0v) is 8.25. The van der Waals surface area contributed by atoms with Crippen molar-refractivity contribution in [3.8, 4) is 0 Å². The second kappa shape index (κ2) is 3.67. The molecular weight excluding hydrogens is 216 g/mol. The summed E-state index contributed by atoms with van der Waals surface area (Å²) in [7, 11) is 1.35. The third-order valence-electron chi connectivity index (χ3n) is 2.01. The van der Waals surface area contributed by atoms with E-state index < -0.39 is 26.2 Å². The van der Waals surface area contributed by atoms with Gasteiger partial charge in [-0.15, -0.1) is 0 Å². The van der Waals surface area contributed by atoms with Gasteiger partial charge in [0.2, 0.25) is 9.05 Å². The van der Waals surface area contributed by atoms with Gasteiger partial charge < -0.3 is 5.11 Å². The first-order valence-electron chi connectivity index (χ1n) is 3.76. The molecular formula is C7H9ClO4S. The van der Waals surface area contributed by atoms with Gasteiger partial charge in [-0.1, -0.05) is 12.2 Å². The van der Waals surface area contributed by atoms with Crippen LogP contribution in [0, 0.1) is 5.92 Å². The van der Waals surface area contributed by atoms with Crippen LogP contribution in [0.15, 0.2) is 12.2 Å². The normalized spacial score (nSPS) is 28.7. The fraction of sp³-hybridized carbons (Fsp3) is 0.571. The molecule has 1 N–H and O–H groups in total. The van der Waals surface area contributed by atoms with Crippen LogP contribution in [0.2, 0.25) is 0 Å². The van der Waals surface area contributed by atoms with Crippen LogP contribution in [0.3, 0.4) is 0 Å². The summed E-state index contributed by atoms with van der Waals surface area (Å²) in [4.78, 5) is 10.6. The number of carboxylic acids is 1. The summed E-state index contributed by atoms with van der Waals surface area (Å²) in [5.74, 6) is -2.15. The summed E-state index contributed by atoms with van der Waals surface area (Å²) in [6, 6.07) is 0. The van der Waals surface area contributed by atoms with Gasteiger partial charge in [-0.05, 0) is 12.8 Å². The van der Waals surface area contributed by atoms with Gasteiger partial charge in [0.15, 0.2) is 0 Å². The minimum Gasteiger partial charge on any atom is -0.481 e. The molecule has 74 valence electrons. The minimum absolute atomic E-state index is 0.277. The Morgan fingerprint density at radius 1 is 1.54 bits per heavy atom. The van der Waals surface area contributed by atoms with Crippen molar-refractivity contribution in [1.29, 1.82) is 0 Å². The van der Waals surface area contributed by atoms with Gasteiger partial charge in [-0.2, -0.15) is 0 Å². The number of allylic oxidation sites excluding steroid dienone is 1. The fourth-order valence-corrected chi connectivity index (χ4v) is 2.94. The van der Waals surface area contributed by atoms with Crippen molar-refractivity contribution in [3.63, 3.8) is 0 Å². The molecule has 6 heteroatoms. The Kier molecular flexibility index (Phi) is 2.98. The molecule has 0 fully saturated rings. The highest BCUT2D eigenvalue weighted by atomic mass is 35.7. The summed E-state index contributed by atoms with van der Waals surface area (Å²) in [5, 5.41) is 7.71. The molecule has 13 heavy (non-hydrogen) atoms. The summed E-state index contributed by atoms with van der Waals surface area (Å²) in [6.07, 6.45) is 3.88. The zero-order valence-electron chi connectivity index (χ0n) is 6.68. The number of carbonyl (C=O) groups is 1. The molecule has 0 saturated carbocycles. The molecule has 4 nitrogen and oxygen atoms in total. The number of rotatable bonds is 2. The Morgan fingerprint density at radius 2 is 2.15 bits per heavy atom. The average Bonchev–Trinajstić information content (AvgIpc) is 2.03. The summed E-state index contributed by atoms with van der Waals surface area (Å²) < 4.78 is 21.9. The SMILES string of the molecule is O=C(O)C1C=CCCC1S(=O)(=O)Cl. The van der Waals surface area contributed by atoms with Crippen molar-refractivity contribution >= 4 is 25.7 Å². The van der Waals surface area contributed by atoms with Crippen molar-refractivity contribution in [2.45, 2.75) is 18.1 Å². The first-order chi connectivity index (χ1) is 5.93. The van der Waals surface area contributed by atoms with Crippen LogP contribution in [-0.2, 0) is 13.8 Å². The third kappa shape index (κ3) is 2.45. The molecule has 0 aromatic rings. The first kappa shape index (κ1) is 10.5. The van der Waals surface area contributed by atoms with Crippen LogP contribution < -0.4 is 0 Å². The molecule has 0 spiro atoms. The van der Waals surface area contributed by atoms with Crippen LogP contribution in [0.1, 0.15) is 12.8 Å². The average molecular weight is 225 g/mol. The largest absolute Gasteiger partial charge is 0.481 e. The molecule has 0 bridgehead atoms. The quantitative estimate of drug-likeness (QED) is 0.561. The lowest BCUT2D eigenvalue weighted by Gasteiger charge is -2.21. The van der Waals surface area contributed by atoms with Gasteiger partial charge in [0.05, 0.1) is 11.2 Å². The maximum absolute atomic E-state index is 11.0. The second-order valence-electron chi connectivity index (χ2n) is 2.88. The molecule has 0 heterocycles. The zero-order chi connectivity index (χ0) is 10.1. The van der Waals surface area contributed by atoms with Crippen molar-refractivity contribution in [1.82, 2.24) is 0 Å². The standard InChI is InChI=1S/C7H9ClO4S/c8-13(11,12)6-4-2-1-3-5(6)7(9)10/h1,3,5-6H,2,4H2,(H,9,10). The van der Waals surface area contributed by atoms with Crippen molar-refractivity contribution in [3.05, 3.63) is 12.2 Å². The lowest BCUT2D eigenvalue weighted by Crippen LogP contribution is -2.33. The van der Waals surface area contributed by atoms with E-state index in [1.165, 1.54) is 6.08 Å². The highest BCUT2D eigenvalue weighted by Crippen LogP contribution is 2.27. The van der Waals surface area contributed by atoms with E-state index in [9.17, 15) is 13.2 Å². The van der Waals surface area contributed by atoms with Crippen LogP contribution in [0.5, 0.6) is 0 Å². The molecule has 0 radical (unpaired) electrons. The van der Waals surface area contributed by atoms with Crippen LogP contribution in [0.25, 0.3) is 0 Å². The van der Waals surface area contributed by atoms with Crippen LogP contribution in [0.4, 0.5) is 0 Å².